The summed E-state index contributed by atoms with van der Waals surface area (Å²) in [6, 6.07) is 4.39. The Labute approximate surface area is 147 Å². The van der Waals surface area contributed by atoms with Crippen molar-refractivity contribution in [2.24, 2.45) is 0 Å². The van der Waals surface area contributed by atoms with Crippen LogP contribution in [0.25, 0.3) is 6.08 Å². The average molecular weight is 344 g/mol. The molecule has 0 aliphatic carbocycles. The third-order valence-corrected chi connectivity index (χ3v) is 6.26. The van der Waals surface area contributed by atoms with Crippen molar-refractivity contribution in [3.05, 3.63) is 33.7 Å². The zero-order valence-corrected chi connectivity index (χ0v) is 16.0. The van der Waals surface area contributed by atoms with E-state index >= 15 is 0 Å². The lowest BCUT2D eigenvalue weighted by Gasteiger charge is -2.45. The lowest BCUT2D eigenvalue weighted by Crippen LogP contribution is -2.45. The number of rotatable bonds is 1. The van der Waals surface area contributed by atoms with Gasteiger partial charge < -0.3 is 4.90 Å². The van der Waals surface area contributed by atoms with Crippen LogP contribution in [0.15, 0.2) is 17.0 Å². The van der Waals surface area contributed by atoms with Gasteiger partial charge in [0.15, 0.2) is 0 Å². The highest BCUT2D eigenvalue weighted by atomic mass is 32.2. The molecule has 128 valence electrons. The molecule has 1 aromatic carbocycles. The number of fused-ring (bicyclic) bond motifs is 1. The molecule has 1 aromatic rings. The Kier molecular flexibility index (Phi) is 4.03. The fourth-order valence-electron chi connectivity index (χ4n) is 3.58. The van der Waals surface area contributed by atoms with Gasteiger partial charge in [-0.1, -0.05) is 6.92 Å². The van der Waals surface area contributed by atoms with Crippen molar-refractivity contribution in [1.82, 2.24) is 4.90 Å². The predicted octanol–water partition coefficient (Wildman–Crippen LogP) is 4.38. The van der Waals surface area contributed by atoms with E-state index in [2.05, 4.69) is 51.8 Å². The lowest BCUT2D eigenvalue weighted by molar-refractivity contribution is -0.121. The summed E-state index contributed by atoms with van der Waals surface area (Å²) in [6.07, 6.45) is 2.95. The first-order valence-corrected chi connectivity index (χ1v) is 9.03. The van der Waals surface area contributed by atoms with Crippen molar-refractivity contribution in [3.8, 4) is 0 Å². The maximum Gasteiger partial charge on any atom is 0.293 e. The van der Waals surface area contributed by atoms with Crippen LogP contribution in [-0.2, 0) is 4.79 Å². The summed E-state index contributed by atoms with van der Waals surface area (Å²) in [4.78, 5) is 27.8. The van der Waals surface area contributed by atoms with E-state index in [-0.39, 0.29) is 16.7 Å². The first-order chi connectivity index (χ1) is 11.1. The molecule has 3 rings (SSSR count). The number of amides is 2. The molecular formula is C19H24N2O2S. The molecule has 2 heterocycles. The van der Waals surface area contributed by atoms with Gasteiger partial charge in [-0.15, -0.1) is 0 Å². The summed E-state index contributed by atoms with van der Waals surface area (Å²) in [5.74, 6) is 0.244. The minimum Gasteiger partial charge on any atom is -0.369 e. The van der Waals surface area contributed by atoms with Crippen LogP contribution in [0.1, 0.15) is 49.8 Å². The van der Waals surface area contributed by atoms with Crippen molar-refractivity contribution < 1.29 is 9.59 Å². The Balaban J connectivity index is 2.06. The standard InChI is InChI=1S/C19H24N2O2S/c1-11-7-15-14(12(2)10-19(3,4)21(15)6)8-13(11)9-16-17(22)20(5)18(23)24-16/h7-9,12H,10H2,1-6H3/b16-9+/t12-/m1/s1. The van der Waals surface area contributed by atoms with Crippen molar-refractivity contribution in [3.63, 3.8) is 0 Å². The second-order valence-electron chi connectivity index (χ2n) is 7.48. The average Bonchev–Trinajstić information content (AvgIpc) is 2.73. The Bertz CT molecular complexity index is 767. The van der Waals surface area contributed by atoms with Gasteiger partial charge in [0.25, 0.3) is 11.1 Å². The van der Waals surface area contributed by atoms with Crippen molar-refractivity contribution >= 4 is 34.7 Å². The normalized spacial score (nSPS) is 24.8. The number of nitrogens with zero attached hydrogens (tertiary/aromatic N) is 2. The van der Waals surface area contributed by atoms with Crippen molar-refractivity contribution in [2.45, 2.75) is 45.6 Å². The number of anilines is 1. The highest BCUT2D eigenvalue weighted by molar-refractivity contribution is 8.18. The van der Waals surface area contributed by atoms with Crippen LogP contribution in [0.2, 0.25) is 0 Å². The summed E-state index contributed by atoms with van der Waals surface area (Å²) in [7, 11) is 3.67. The van der Waals surface area contributed by atoms with Crippen LogP contribution in [0.5, 0.6) is 0 Å². The molecule has 2 aliphatic rings. The van der Waals surface area contributed by atoms with Gasteiger partial charge in [-0.05, 0) is 79.8 Å². The fraction of sp³-hybridized carbons (Fsp3) is 0.474. The molecule has 4 nitrogen and oxygen atoms in total. The first kappa shape index (κ1) is 17.1. The SMILES string of the molecule is Cc1cc2c(cc1/C=C1/SC(=O)N(C)C1=O)[C@H](C)CC(C)(C)N2C. The lowest BCUT2D eigenvalue weighted by atomic mass is 9.79. The number of carbonyl (C=O) groups excluding carboxylic acids is 2. The van der Waals surface area contributed by atoms with Gasteiger partial charge in [0.2, 0.25) is 0 Å². The molecule has 1 saturated heterocycles. The van der Waals surface area contributed by atoms with Crippen LogP contribution < -0.4 is 4.90 Å². The second-order valence-corrected chi connectivity index (χ2v) is 8.48. The van der Waals surface area contributed by atoms with Gasteiger partial charge in [-0.25, -0.2) is 0 Å². The van der Waals surface area contributed by atoms with E-state index in [1.165, 1.54) is 23.2 Å². The Morgan fingerprint density at radius 1 is 1.25 bits per heavy atom. The van der Waals surface area contributed by atoms with Crippen LogP contribution in [0.4, 0.5) is 10.5 Å². The van der Waals surface area contributed by atoms with E-state index in [4.69, 9.17) is 0 Å². The van der Waals surface area contributed by atoms with Crippen molar-refractivity contribution in [1.29, 1.82) is 0 Å². The number of thioether (sulfide) groups is 1. The Morgan fingerprint density at radius 3 is 2.50 bits per heavy atom. The van der Waals surface area contributed by atoms with E-state index in [1.807, 2.05) is 6.08 Å². The number of aryl methyl sites for hydroxylation is 1. The van der Waals surface area contributed by atoms with E-state index < -0.39 is 0 Å². The molecule has 0 aromatic heterocycles. The molecule has 24 heavy (non-hydrogen) atoms. The second kappa shape index (κ2) is 5.66. The number of carbonyl (C=O) groups is 2. The Hall–Kier alpha value is -1.75. The number of hydrogen-bond donors (Lipinski definition) is 0. The first-order valence-electron chi connectivity index (χ1n) is 8.22. The fourth-order valence-corrected chi connectivity index (χ4v) is 4.39. The van der Waals surface area contributed by atoms with Crippen LogP contribution >= 0.6 is 11.8 Å². The monoisotopic (exact) mass is 344 g/mol. The maximum atomic E-state index is 12.1. The quantitative estimate of drug-likeness (QED) is 0.709. The minimum atomic E-state index is -0.214. The summed E-state index contributed by atoms with van der Waals surface area (Å²) in [5, 5.41) is -0.211. The zero-order chi connectivity index (χ0) is 17.8. The van der Waals surface area contributed by atoms with Gasteiger partial charge in [-0.3, -0.25) is 14.5 Å². The molecule has 1 fully saturated rings. The van der Waals surface area contributed by atoms with Gasteiger partial charge in [0.05, 0.1) is 4.91 Å². The molecule has 0 unspecified atom stereocenters. The van der Waals surface area contributed by atoms with E-state index in [0.717, 1.165) is 29.3 Å². The highest BCUT2D eigenvalue weighted by Crippen LogP contribution is 2.44. The molecule has 5 heteroatoms. The van der Waals surface area contributed by atoms with Crippen LogP contribution in [0.3, 0.4) is 0 Å². The third kappa shape index (κ3) is 2.65. The van der Waals surface area contributed by atoms with Gasteiger partial charge in [0.1, 0.15) is 0 Å². The molecule has 0 saturated carbocycles. The number of imide groups is 1. The molecule has 0 N–H and O–H groups in total. The molecule has 0 spiro atoms. The van der Waals surface area contributed by atoms with Crippen molar-refractivity contribution in [2.75, 3.05) is 19.0 Å². The van der Waals surface area contributed by atoms with Gasteiger partial charge >= 0.3 is 0 Å². The zero-order valence-electron chi connectivity index (χ0n) is 15.1. The Morgan fingerprint density at radius 2 is 1.92 bits per heavy atom. The molecule has 1 atom stereocenters. The van der Waals surface area contributed by atoms with Gasteiger partial charge in [0, 0.05) is 25.3 Å². The molecule has 2 aliphatic heterocycles. The largest absolute Gasteiger partial charge is 0.369 e. The molecular weight excluding hydrogens is 320 g/mol. The number of hydrogen-bond acceptors (Lipinski definition) is 4. The topological polar surface area (TPSA) is 40.6 Å². The minimum absolute atomic E-state index is 0.130. The molecule has 0 bridgehead atoms. The molecule has 2 amide bonds. The summed E-state index contributed by atoms with van der Waals surface area (Å²) >= 11 is 1.01. The molecule has 0 radical (unpaired) electrons. The summed E-state index contributed by atoms with van der Waals surface area (Å²) in [5.41, 5.74) is 4.84. The smallest absolute Gasteiger partial charge is 0.293 e. The van der Waals surface area contributed by atoms with E-state index in [1.54, 1.807) is 0 Å². The maximum absolute atomic E-state index is 12.1. The van der Waals surface area contributed by atoms with E-state index in [9.17, 15) is 9.59 Å². The summed E-state index contributed by atoms with van der Waals surface area (Å²) < 4.78 is 0. The highest BCUT2D eigenvalue weighted by Gasteiger charge is 2.35. The number of benzene rings is 1. The van der Waals surface area contributed by atoms with Crippen LogP contribution in [-0.4, -0.2) is 35.7 Å². The number of likely N-dealkylation sites (N-methyl/N-ethyl adjacent to an activating group) is 1. The van der Waals surface area contributed by atoms with E-state index in [0.29, 0.717) is 10.8 Å². The van der Waals surface area contributed by atoms with Gasteiger partial charge in [-0.2, -0.15) is 0 Å². The van der Waals surface area contributed by atoms with Crippen LogP contribution in [0, 0.1) is 6.92 Å². The predicted molar refractivity (Wildman–Crippen MR) is 100 cm³/mol. The third-order valence-electron chi connectivity index (χ3n) is 5.29. The summed E-state index contributed by atoms with van der Waals surface area (Å²) in [6.45, 7) is 8.86.